The van der Waals surface area contributed by atoms with Gasteiger partial charge in [0.15, 0.2) is 5.11 Å². The van der Waals surface area contributed by atoms with Crippen LogP contribution in [0, 0.1) is 0 Å². The summed E-state index contributed by atoms with van der Waals surface area (Å²) in [6, 6.07) is 15.3. The van der Waals surface area contributed by atoms with Gasteiger partial charge in [-0.2, -0.15) is 0 Å². The van der Waals surface area contributed by atoms with E-state index in [2.05, 4.69) is 15.6 Å². The van der Waals surface area contributed by atoms with Crippen molar-refractivity contribution in [2.75, 3.05) is 24.9 Å². The first-order valence-electron chi connectivity index (χ1n) is 7.35. The molecule has 122 valence electrons. The van der Waals surface area contributed by atoms with Gasteiger partial charge < -0.3 is 20.1 Å². The van der Waals surface area contributed by atoms with Crippen LogP contribution in [0.3, 0.4) is 0 Å². The third-order valence-electron chi connectivity index (χ3n) is 3.54. The number of rotatable bonds is 4. The van der Waals surface area contributed by atoms with Gasteiger partial charge in [0.2, 0.25) is 0 Å². The van der Waals surface area contributed by atoms with E-state index in [1.54, 1.807) is 26.5 Å². The molecule has 3 rings (SSSR count). The molecule has 0 amide bonds. The number of thiocarbonyl (C=S) groups is 1. The molecule has 2 aromatic carbocycles. The molecule has 0 saturated heterocycles. The van der Waals surface area contributed by atoms with Crippen molar-refractivity contribution in [1.29, 1.82) is 0 Å². The van der Waals surface area contributed by atoms with Crippen LogP contribution in [0.25, 0.3) is 10.9 Å². The quantitative estimate of drug-likeness (QED) is 0.699. The van der Waals surface area contributed by atoms with Gasteiger partial charge in [0, 0.05) is 17.6 Å². The molecule has 0 aliphatic heterocycles. The largest absolute Gasteiger partial charge is 0.497 e. The number of anilines is 2. The Hall–Kier alpha value is -2.86. The zero-order valence-corrected chi connectivity index (χ0v) is 14.2. The average Bonchev–Trinajstić information content (AvgIpc) is 2.62. The number of pyridine rings is 1. The summed E-state index contributed by atoms with van der Waals surface area (Å²) in [6.45, 7) is 0. The van der Waals surface area contributed by atoms with Gasteiger partial charge in [-0.15, -0.1) is 0 Å². The maximum atomic E-state index is 5.41. The number of nitrogens with zero attached hydrogens (tertiary/aromatic N) is 1. The highest BCUT2D eigenvalue weighted by atomic mass is 32.1. The standard InChI is InChI=1S/C18H17N3O2S/c1-22-13-8-9-14(16(11-13)23-2)20-18(24)21-15-7-3-5-12-6-4-10-19-17(12)15/h3-11H,1-2H3,(H2,20,21,24). The van der Waals surface area contributed by atoms with Crippen molar-refractivity contribution in [1.82, 2.24) is 4.98 Å². The van der Waals surface area contributed by atoms with E-state index in [0.29, 0.717) is 10.9 Å². The number of ether oxygens (including phenoxy) is 2. The number of aromatic nitrogens is 1. The SMILES string of the molecule is COc1ccc(NC(=S)Nc2cccc3cccnc23)c(OC)c1. The Labute approximate surface area is 145 Å². The van der Waals surface area contributed by atoms with E-state index in [-0.39, 0.29) is 0 Å². The lowest BCUT2D eigenvalue weighted by molar-refractivity contribution is 0.395. The zero-order valence-electron chi connectivity index (χ0n) is 13.4. The third-order valence-corrected chi connectivity index (χ3v) is 3.74. The molecule has 1 heterocycles. The van der Waals surface area contributed by atoms with E-state index in [9.17, 15) is 0 Å². The molecule has 0 atom stereocenters. The van der Waals surface area contributed by atoms with Crippen molar-refractivity contribution in [3.05, 3.63) is 54.7 Å². The van der Waals surface area contributed by atoms with E-state index >= 15 is 0 Å². The molecule has 0 radical (unpaired) electrons. The lowest BCUT2D eigenvalue weighted by atomic mass is 10.2. The molecule has 0 bridgehead atoms. The molecule has 24 heavy (non-hydrogen) atoms. The number of benzene rings is 2. The monoisotopic (exact) mass is 339 g/mol. The fraction of sp³-hybridized carbons (Fsp3) is 0.111. The molecule has 0 aliphatic carbocycles. The van der Waals surface area contributed by atoms with Gasteiger partial charge in [-0.25, -0.2) is 0 Å². The molecule has 0 unspecified atom stereocenters. The average molecular weight is 339 g/mol. The van der Waals surface area contributed by atoms with Crippen LogP contribution in [0.5, 0.6) is 11.5 Å². The molecule has 0 fully saturated rings. The molecule has 2 N–H and O–H groups in total. The fourth-order valence-electron chi connectivity index (χ4n) is 2.38. The molecule has 3 aromatic rings. The molecule has 1 aromatic heterocycles. The molecule has 0 saturated carbocycles. The highest BCUT2D eigenvalue weighted by Crippen LogP contribution is 2.29. The second-order valence-corrected chi connectivity index (χ2v) is 5.43. The summed E-state index contributed by atoms with van der Waals surface area (Å²) in [4.78, 5) is 4.41. The minimum Gasteiger partial charge on any atom is -0.497 e. The van der Waals surface area contributed by atoms with Crippen molar-refractivity contribution in [2.24, 2.45) is 0 Å². The van der Waals surface area contributed by atoms with Gasteiger partial charge in [-0.3, -0.25) is 4.98 Å². The number of hydrogen-bond acceptors (Lipinski definition) is 4. The molecule has 6 heteroatoms. The Morgan fingerprint density at radius 1 is 0.958 bits per heavy atom. The zero-order chi connectivity index (χ0) is 16.9. The summed E-state index contributed by atoms with van der Waals surface area (Å²) in [6.07, 6.45) is 1.76. The highest BCUT2D eigenvalue weighted by Gasteiger charge is 2.08. The third kappa shape index (κ3) is 3.38. The maximum absolute atomic E-state index is 5.41. The maximum Gasteiger partial charge on any atom is 0.175 e. The lowest BCUT2D eigenvalue weighted by Crippen LogP contribution is -2.19. The van der Waals surface area contributed by atoms with E-state index in [4.69, 9.17) is 21.7 Å². The number of fused-ring (bicyclic) bond motifs is 1. The normalized spacial score (nSPS) is 10.2. The minimum atomic E-state index is 0.455. The summed E-state index contributed by atoms with van der Waals surface area (Å²) in [7, 11) is 3.21. The van der Waals surface area contributed by atoms with Gasteiger partial charge >= 0.3 is 0 Å². The number of hydrogen-bond donors (Lipinski definition) is 2. The Balaban J connectivity index is 1.80. The summed E-state index contributed by atoms with van der Waals surface area (Å²) < 4.78 is 10.6. The summed E-state index contributed by atoms with van der Waals surface area (Å²) in [5, 5.41) is 7.83. The van der Waals surface area contributed by atoms with E-state index < -0.39 is 0 Å². The Morgan fingerprint density at radius 2 is 1.75 bits per heavy atom. The van der Waals surface area contributed by atoms with Gasteiger partial charge in [0.05, 0.1) is 31.1 Å². The Bertz CT molecular complexity index is 878. The first kappa shape index (κ1) is 16.0. The van der Waals surface area contributed by atoms with Crippen LogP contribution < -0.4 is 20.1 Å². The minimum absolute atomic E-state index is 0.455. The van der Waals surface area contributed by atoms with E-state index in [1.807, 2.05) is 42.5 Å². The van der Waals surface area contributed by atoms with Gasteiger partial charge in [0.1, 0.15) is 11.5 Å². The fourth-order valence-corrected chi connectivity index (χ4v) is 2.60. The van der Waals surface area contributed by atoms with Crippen LogP contribution >= 0.6 is 12.2 Å². The molecule has 5 nitrogen and oxygen atoms in total. The first-order valence-corrected chi connectivity index (χ1v) is 7.76. The van der Waals surface area contributed by atoms with Crippen molar-refractivity contribution in [2.45, 2.75) is 0 Å². The van der Waals surface area contributed by atoms with E-state index in [1.165, 1.54) is 0 Å². The van der Waals surface area contributed by atoms with Crippen LogP contribution in [-0.2, 0) is 0 Å². The van der Waals surface area contributed by atoms with Crippen LogP contribution in [0.15, 0.2) is 54.7 Å². The van der Waals surface area contributed by atoms with Gasteiger partial charge in [-0.05, 0) is 36.5 Å². The summed E-state index contributed by atoms with van der Waals surface area (Å²) in [5.41, 5.74) is 2.47. The van der Waals surface area contributed by atoms with Crippen LogP contribution in [0.4, 0.5) is 11.4 Å². The second kappa shape index (κ2) is 7.14. The second-order valence-electron chi connectivity index (χ2n) is 5.03. The van der Waals surface area contributed by atoms with Crippen LogP contribution in [0.1, 0.15) is 0 Å². The van der Waals surface area contributed by atoms with E-state index in [0.717, 1.165) is 28.0 Å². The van der Waals surface area contributed by atoms with Crippen LogP contribution in [0.2, 0.25) is 0 Å². The van der Waals surface area contributed by atoms with Crippen molar-refractivity contribution >= 4 is 39.6 Å². The topological polar surface area (TPSA) is 55.4 Å². The van der Waals surface area contributed by atoms with Crippen molar-refractivity contribution in [3.8, 4) is 11.5 Å². The van der Waals surface area contributed by atoms with Gasteiger partial charge in [-0.1, -0.05) is 18.2 Å². The number of methoxy groups -OCH3 is 2. The predicted molar refractivity (Wildman–Crippen MR) is 101 cm³/mol. The summed E-state index contributed by atoms with van der Waals surface area (Å²) >= 11 is 5.41. The van der Waals surface area contributed by atoms with Crippen LogP contribution in [-0.4, -0.2) is 24.3 Å². The molecular weight excluding hydrogens is 322 g/mol. The Morgan fingerprint density at radius 3 is 2.54 bits per heavy atom. The predicted octanol–water partition coefficient (Wildman–Crippen LogP) is 4.06. The molecule has 0 spiro atoms. The smallest absolute Gasteiger partial charge is 0.175 e. The molecule has 0 aliphatic rings. The number of nitrogens with one attached hydrogen (secondary N) is 2. The van der Waals surface area contributed by atoms with Crippen molar-refractivity contribution < 1.29 is 9.47 Å². The number of para-hydroxylation sites is 1. The highest BCUT2D eigenvalue weighted by molar-refractivity contribution is 7.80. The first-order chi connectivity index (χ1) is 11.7. The Kier molecular flexibility index (Phi) is 4.77. The summed E-state index contributed by atoms with van der Waals surface area (Å²) in [5.74, 6) is 1.36. The molecular formula is C18H17N3O2S. The van der Waals surface area contributed by atoms with Crippen molar-refractivity contribution in [3.63, 3.8) is 0 Å². The lowest BCUT2D eigenvalue weighted by Gasteiger charge is -2.15. The van der Waals surface area contributed by atoms with Gasteiger partial charge in [0.25, 0.3) is 0 Å².